The molecule has 4 nitrogen and oxygen atoms in total. The van der Waals surface area contributed by atoms with Crippen LogP contribution in [0.15, 0.2) is 0 Å². The highest BCUT2D eigenvalue weighted by Gasteiger charge is 2.33. The molecule has 1 saturated heterocycles. The van der Waals surface area contributed by atoms with Crippen LogP contribution in [0.5, 0.6) is 0 Å². The monoisotopic (exact) mass is 200 g/mol. The first-order valence-corrected chi connectivity index (χ1v) is 4.81. The van der Waals surface area contributed by atoms with Gasteiger partial charge in [0, 0.05) is 12.8 Å². The van der Waals surface area contributed by atoms with Gasteiger partial charge in [0.05, 0.1) is 19.6 Å². The summed E-state index contributed by atoms with van der Waals surface area (Å²) in [6, 6.07) is 0. The zero-order chi connectivity index (χ0) is 10.6. The normalized spacial score (nSPS) is 19.6. The maximum Gasteiger partial charge on any atom is 0.172 e. The Morgan fingerprint density at radius 1 is 1.21 bits per heavy atom. The van der Waals surface area contributed by atoms with E-state index < -0.39 is 5.79 Å². The molecule has 0 atom stereocenters. The van der Waals surface area contributed by atoms with Crippen LogP contribution < -0.4 is 0 Å². The van der Waals surface area contributed by atoms with Crippen molar-refractivity contribution in [1.82, 2.24) is 0 Å². The van der Waals surface area contributed by atoms with Gasteiger partial charge in [-0.25, -0.2) is 0 Å². The van der Waals surface area contributed by atoms with Gasteiger partial charge in [0.1, 0.15) is 11.6 Å². The second kappa shape index (κ2) is 4.66. The van der Waals surface area contributed by atoms with E-state index in [1.807, 2.05) is 0 Å². The number of ether oxygens (including phenoxy) is 2. The van der Waals surface area contributed by atoms with Gasteiger partial charge in [-0.05, 0) is 13.8 Å². The van der Waals surface area contributed by atoms with Crippen molar-refractivity contribution in [2.45, 2.75) is 38.9 Å². The Labute approximate surface area is 83.6 Å². The largest absolute Gasteiger partial charge is 0.347 e. The van der Waals surface area contributed by atoms with E-state index in [1.165, 1.54) is 6.92 Å². The first-order chi connectivity index (χ1) is 6.52. The highest BCUT2D eigenvalue weighted by atomic mass is 16.7. The van der Waals surface area contributed by atoms with Crippen molar-refractivity contribution in [1.29, 1.82) is 0 Å². The Morgan fingerprint density at radius 2 is 1.79 bits per heavy atom. The summed E-state index contributed by atoms with van der Waals surface area (Å²) in [6.45, 7) is 4.32. The van der Waals surface area contributed by atoms with Gasteiger partial charge in [-0.2, -0.15) is 0 Å². The number of rotatable bonds is 5. The molecule has 1 aliphatic rings. The van der Waals surface area contributed by atoms with Gasteiger partial charge in [-0.15, -0.1) is 0 Å². The first-order valence-electron chi connectivity index (χ1n) is 4.81. The number of carbonyl (C=O) groups excluding carboxylic acids is 2. The Morgan fingerprint density at radius 3 is 2.29 bits per heavy atom. The summed E-state index contributed by atoms with van der Waals surface area (Å²) in [6.07, 6.45) is 0.840. The third-order valence-corrected chi connectivity index (χ3v) is 2.17. The van der Waals surface area contributed by atoms with Crippen molar-refractivity contribution in [2.75, 3.05) is 13.2 Å². The molecule has 0 amide bonds. The van der Waals surface area contributed by atoms with E-state index in [0.717, 1.165) is 0 Å². The van der Waals surface area contributed by atoms with Crippen LogP contribution in [0.25, 0.3) is 0 Å². The minimum Gasteiger partial charge on any atom is -0.347 e. The molecule has 0 saturated carbocycles. The zero-order valence-corrected chi connectivity index (χ0v) is 8.67. The van der Waals surface area contributed by atoms with Gasteiger partial charge in [0.25, 0.3) is 0 Å². The summed E-state index contributed by atoms with van der Waals surface area (Å²) in [5.41, 5.74) is 0. The lowest BCUT2D eigenvalue weighted by Crippen LogP contribution is -2.29. The molecule has 1 heterocycles. The van der Waals surface area contributed by atoms with Crippen molar-refractivity contribution in [3.8, 4) is 0 Å². The molecule has 1 rings (SSSR count). The lowest BCUT2D eigenvalue weighted by atomic mass is 10.1. The molecule has 0 radical (unpaired) electrons. The number of carbonyl (C=O) groups is 2. The molecular weight excluding hydrogens is 184 g/mol. The Bertz CT molecular complexity index is 228. The summed E-state index contributed by atoms with van der Waals surface area (Å²) >= 11 is 0. The van der Waals surface area contributed by atoms with E-state index in [-0.39, 0.29) is 24.4 Å². The lowest BCUT2D eigenvalue weighted by Gasteiger charge is -2.20. The quantitative estimate of drug-likeness (QED) is 0.666. The summed E-state index contributed by atoms with van der Waals surface area (Å²) in [7, 11) is 0. The molecule has 0 spiro atoms. The molecule has 1 fully saturated rings. The number of hydrogen-bond acceptors (Lipinski definition) is 4. The van der Waals surface area contributed by atoms with Gasteiger partial charge in [-0.3, -0.25) is 4.79 Å². The molecule has 0 bridgehead atoms. The number of hydrogen-bond donors (Lipinski definition) is 0. The minimum atomic E-state index is -0.756. The molecule has 0 unspecified atom stereocenters. The highest BCUT2D eigenvalue weighted by molar-refractivity contribution is 5.85. The predicted octanol–water partition coefficient (Wildman–Crippen LogP) is 1.08. The summed E-state index contributed by atoms with van der Waals surface area (Å²) < 4.78 is 10.6. The van der Waals surface area contributed by atoms with Crippen LogP contribution in [0.4, 0.5) is 0 Å². The van der Waals surface area contributed by atoms with Crippen molar-refractivity contribution in [3.63, 3.8) is 0 Å². The fourth-order valence-electron chi connectivity index (χ4n) is 1.42. The van der Waals surface area contributed by atoms with E-state index in [2.05, 4.69) is 0 Å². The Balaban J connectivity index is 2.29. The fourth-order valence-corrected chi connectivity index (χ4v) is 1.42. The van der Waals surface area contributed by atoms with Crippen LogP contribution in [0, 0.1) is 0 Å². The highest BCUT2D eigenvalue weighted by Crippen LogP contribution is 2.23. The van der Waals surface area contributed by atoms with E-state index in [4.69, 9.17) is 9.47 Å². The molecular formula is C10H16O4. The summed E-state index contributed by atoms with van der Waals surface area (Å²) in [5, 5.41) is 0. The smallest absolute Gasteiger partial charge is 0.172 e. The third kappa shape index (κ3) is 3.55. The van der Waals surface area contributed by atoms with Crippen LogP contribution in [-0.2, 0) is 19.1 Å². The van der Waals surface area contributed by atoms with Crippen LogP contribution in [-0.4, -0.2) is 30.6 Å². The molecule has 80 valence electrons. The topological polar surface area (TPSA) is 52.6 Å². The van der Waals surface area contributed by atoms with Crippen LogP contribution >= 0.6 is 0 Å². The van der Waals surface area contributed by atoms with Gasteiger partial charge in [0.15, 0.2) is 5.79 Å². The molecule has 0 N–H and O–H groups in total. The first kappa shape index (κ1) is 11.3. The Kier molecular flexibility index (Phi) is 3.77. The second-order valence-corrected chi connectivity index (χ2v) is 3.75. The minimum absolute atomic E-state index is 0.0181. The zero-order valence-electron chi connectivity index (χ0n) is 8.67. The van der Waals surface area contributed by atoms with Gasteiger partial charge in [-0.1, -0.05) is 0 Å². The van der Waals surface area contributed by atoms with E-state index in [9.17, 15) is 9.59 Å². The van der Waals surface area contributed by atoms with Gasteiger partial charge in [0.2, 0.25) is 0 Å². The molecule has 14 heavy (non-hydrogen) atoms. The van der Waals surface area contributed by atoms with Gasteiger partial charge >= 0.3 is 0 Å². The average molecular weight is 200 g/mol. The second-order valence-electron chi connectivity index (χ2n) is 3.75. The summed E-state index contributed by atoms with van der Waals surface area (Å²) in [5.74, 6) is -0.699. The standard InChI is InChI=1S/C10H16O4/c1-8(11)3-4-9(12)7-10(2)13-5-6-14-10/h3-7H2,1-2H3. The van der Waals surface area contributed by atoms with E-state index in [0.29, 0.717) is 19.6 Å². The molecule has 0 aromatic carbocycles. The van der Waals surface area contributed by atoms with Crippen LogP contribution in [0.3, 0.4) is 0 Å². The van der Waals surface area contributed by atoms with Crippen molar-refractivity contribution in [2.24, 2.45) is 0 Å². The SMILES string of the molecule is CC(=O)CCC(=O)CC1(C)OCCO1. The molecule has 1 aliphatic heterocycles. The van der Waals surface area contributed by atoms with E-state index in [1.54, 1.807) is 6.92 Å². The lowest BCUT2D eigenvalue weighted by molar-refractivity contribution is -0.158. The van der Waals surface area contributed by atoms with Crippen LogP contribution in [0.1, 0.15) is 33.1 Å². The molecule has 0 aromatic rings. The molecule has 0 aromatic heterocycles. The fraction of sp³-hybridized carbons (Fsp3) is 0.800. The third-order valence-electron chi connectivity index (χ3n) is 2.17. The van der Waals surface area contributed by atoms with Crippen molar-refractivity contribution < 1.29 is 19.1 Å². The average Bonchev–Trinajstić information content (AvgIpc) is 2.48. The Hall–Kier alpha value is -0.740. The molecule has 4 heteroatoms. The number of ketones is 2. The maximum absolute atomic E-state index is 11.4. The van der Waals surface area contributed by atoms with E-state index >= 15 is 0 Å². The van der Waals surface area contributed by atoms with Crippen LogP contribution in [0.2, 0.25) is 0 Å². The maximum atomic E-state index is 11.4. The van der Waals surface area contributed by atoms with Gasteiger partial charge < -0.3 is 14.3 Å². The summed E-state index contributed by atoms with van der Waals surface area (Å²) in [4.78, 5) is 22.0. The number of Topliss-reactive ketones (excluding diaryl/α,β-unsaturated/α-hetero) is 2. The van der Waals surface area contributed by atoms with Crippen molar-refractivity contribution >= 4 is 11.6 Å². The van der Waals surface area contributed by atoms with Crippen molar-refractivity contribution in [3.05, 3.63) is 0 Å². The predicted molar refractivity (Wildman–Crippen MR) is 49.8 cm³/mol. The molecule has 0 aliphatic carbocycles.